The van der Waals surface area contributed by atoms with Gasteiger partial charge in [0.2, 0.25) is 5.91 Å². The van der Waals surface area contributed by atoms with E-state index in [0.29, 0.717) is 0 Å². The van der Waals surface area contributed by atoms with Gasteiger partial charge in [-0.15, -0.1) is 0 Å². The second-order valence-corrected chi connectivity index (χ2v) is 3.15. The molecular weight excluding hydrogens is 154 g/mol. The third kappa shape index (κ3) is 0.841. The predicted octanol–water partition coefficient (Wildman–Crippen LogP) is -0.0640. The molecule has 0 saturated heterocycles. The molecule has 4 heteroatoms. The largest absolute Gasteiger partial charge is 0.331 e. The first-order valence-corrected chi connectivity index (χ1v) is 3.95. The monoisotopic (exact) mass is 165 g/mol. The summed E-state index contributed by atoms with van der Waals surface area (Å²) in [4.78, 5) is 11.4. The third-order valence-electron chi connectivity index (χ3n) is 2.34. The lowest BCUT2D eigenvalue weighted by atomic mass is 9.94. The molecule has 0 fully saturated rings. The molecule has 0 bridgehead atoms. The van der Waals surface area contributed by atoms with Crippen LogP contribution in [0.5, 0.6) is 0 Å². The Hall–Kier alpha value is -1.32. The number of hydrazone groups is 1. The summed E-state index contributed by atoms with van der Waals surface area (Å²) in [6.45, 7) is 1.95. The molecule has 64 valence electrons. The fourth-order valence-corrected chi connectivity index (χ4v) is 1.74. The van der Waals surface area contributed by atoms with Gasteiger partial charge in [0.1, 0.15) is 6.04 Å². The Morgan fingerprint density at radius 1 is 1.67 bits per heavy atom. The van der Waals surface area contributed by atoms with E-state index >= 15 is 0 Å². The van der Waals surface area contributed by atoms with E-state index in [-0.39, 0.29) is 17.9 Å². The first-order chi connectivity index (χ1) is 5.70. The summed E-state index contributed by atoms with van der Waals surface area (Å²) < 4.78 is 0. The first-order valence-electron chi connectivity index (χ1n) is 3.95. The van der Waals surface area contributed by atoms with Crippen molar-refractivity contribution in [2.75, 3.05) is 7.05 Å². The van der Waals surface area contributed by atoms with Crippen LogP contribution < -0.4 is 5.32 Å². The molecule has 0 radical (unpaired) electrons. The van der Waals surface area contributed by atoms with E-state index in [0.717, 1.165) is 5.71 Å². The van der Waals surface area contributed by atoms with Gasteiger partial charge in [0.25, 0.3) is 0 Å². The quantitative estimate of drug-likeness (QED) is 0.546. The molecule has 2 unspecified atom stereocenters. The van der Waals surface area contributed by atoms with Crippen molar-refractivity contribution in [1.82, 2.24) is 10.3 Å². The van der Waals surface area contributed by atoms with Gasteiger partial charge in [0.05, 0.1) is 0 Å². The summed E-state index contributed by atoms with van der Waals surface area (Å²) in [6, 6.07) is -0.130. The minimum absolute atomic E-state index is 0.0330. The van der Waals surface area contributed by atoms with Crippen LogP contribution >= 0.6 is 0 Å². The highest BCUT2D eigenvalue weighted by atomic mass is 16.2. The average molecular weight is 165 g/mol. The van der Waals surface area contributed by atoms with Crippen molar-refractivity contribution in [2.24, 2.45) is 11.0 Å². The fraction of sp³-hybridized carbons (Fsp3) is 0.500. The summed E-state index contributed by atoms with van der Waals surface area (Å²) in [7, 11) is 1.83. The van der Waals surface area contributed by atoms with E-state index in [9.17, 15) is 4.79 Å². The molecule has 4 nitrogen and oxygen atoms in total. The molecule has 1 amide bonds. The van der Waals surface area contributed by atoms with Crippen molar-refractivity contribution in [1.29, 1.82) is 0 Å². The van der Waals surface area contributed by atoms with Crippen LogP contribution in [0.15, 0.2) is 17.4 Å². The van der Waals surface area contributed by atoms with E-state index < -0.39 is 0 Å². The van der Waals surface area contributed by atoms with Crippen LogP contribution in [0.2, 0.25) is 0 Å². The van der Waals surface area contributed by atoms with Gasteiger partial charge < -0.3 is 5.32 Å². The van der Waals surface area contributed by atoms with E-state index in [1.54, 1.807) is 11.2 Å². The van der Waals surface area contributed by atoms with Gasteiger partial charge in [-0.25, -0.2) is 0 Å². The maximum Gasteiger partial charge on any atom is 0.249 e. The lowest BCUT2D eigenvalue weighted by Gasteiger charge is -2.24. The van der Waals surface area contributed by atoms with Gasteiger partial charge in [0.15, 0.2) is 0 Å². The average Bonchev–Trinajstić information content (AvgIpc) is 2.29. The summed E-state index contributed by atoms with van der Waals surface area (Å²) in [6.07, 6.45) is 3.68. The zero-order valence-electron chi connectivity index (χ0n) is 7.11. The third-order valence-corrected chi connectivity index (χ3v) is 2.34. The Labute approximate surface area is 70.9 Å². The molecule has 0 aliphatic carbocycles. The van der Waals surface area contributed by atoms with Crippen molar-refractivity contribution < 1.29 is 4.79 Å². The highest BCUT2D eigenvalue weighted by molar-refractivity contribution is 5.97. The van der Waals surface area contributed by atoms with Crippen LogP contribution in [0.3, 0.4) is 0 Å². The molecule has 2 aliphatic heterocycles. The van der Waals surface area contributed by atoms with Crippen LogP contribution in [0.1, 0.15) is 6.92 Å². The maximum absolute atomic E-state index is 11.4. The normalized spacial score (nSPS) is 33.0. The number of rotatable bonds is 0. The van der Waals surface area contributed by atoms with Gasteiger partial charge in [-0.3, -0.25) is 9.80 Å². The highest BCUT2D eigenvalue weighted by Gasteiger charge is 2.38. The molecular formula is C8H11N3O. The van der Waals surface area contributed by atoms with Gasteiger partial charge in [-0.1, -0.05) is 6.08 Å². The number of nitrogens with one attached hydrogen (secondary N) is 1. The molecule has 2 atom stereocenters. The van der Waals surface area contributed by atoms with E-state index in [1.165, 1.54) is 0 Å². The van der Waals surface area contributed by atoms with Crippen LogP contribution in [0.25, 0.3) is 0 Å². The van der Waals surface area contributed by atoms with E-state index in [2.05, 4.69) is 10.4 Å². The standard InChI is InChI=1S/C8H11N3O/c1-5-6-3-4-9-8(12)7(6)11(2)10-5/h3-4,6-7H,1-2H3,(H,9,12). The first kappa shape index (κ1) is 7.34. The number of fused-ring (bicyclic) bond motifs is 1. The fourth-order valence-electron chi connectivity index (χ4n) is 1.74. The molecule has 1 N–H and O–H groups in total. The second-order valence-electron chi connectivity index (χ2n) is 3.15. The summed E-state index contributed by atoms with van der Waals surface area (Å²) in [5, 5.41) is 8.61. The second kappa shape index (κ2) is 2.33. The maximum atomic E-state index is 11.4. The number of likely N-dealkylation sites (N-methyl/N-ethyl adjacent to an activating group) is 1. The summed E-state index contributed by atoms with van der Waals surface area (Å²) in [5.74, 6) is 0.203. The zero-order valence-corrected chi connectivity index (χ0v) is 7.11. The number of amides is 1. The lowest BCUT2D eigenvalue weighted by Crippen LogP contribution is -2.45. The molecule has 0 spiro atoms. The number of nitrogens with zero attached hydrogens (tertiary/aromatic N) is 2. The highest BCUT2D eigenvalue weighted by Crippen LogP contribution is 2.23. The van der Waals surface area contributed by atoms with Crippen molar-refractivity contribution in [3.63, 3.8) is 0 Å². The smallest absolute Gasteiger partial charge is 0.249 e. The number of carbonyl (C=O) groups excluding carboxylic acids is 1. The predicted molar refractivity (Wildman–Crippen MR) is 45.4 cm³/mol. The minimum atomic E-state index is -0.130. The zero-order chi connectivity index (χ0) is 8.72. The molecule has 0 aromatic carbocycles. The van der Waals surface area contributed by atoms with Crippen LogP contribution in [-0.2, 0) is 4.79 Å². The summed E-state index contributed by atoms with van der Waals surface area (Å²) in [5.41, 5.74) is 1.01. The number of carbonyl (C=O) groups is 1. The van der Waals surface area contributed by atoms with Crippen molar-refractivity contribution >= 4 is 11.6 Å². The van der Waals surface area contributed by atoms with Gasteiger partial charge >= 0.3 is 0 Å². The number of hydrogen-bond donors (Lipinski definition) is 1. The SMILES string of the molecule is CC1=NN(C)C2C(=O)NC=CC12. The molecule has 0 aromatic rings. The van der Waals surface area contributed by atoms with Crippen LogP contribution in [0.4, 0.5) is 0 Å². The molecule has 0 aromatic heterocycles. The van der Waals surface area contributed by atoms with Crippen molar-refractivity contribution in [2.45, 2.75) is 13.0 Å². The van der Waals surface area contributed by atoms with Gasteiger partial charge in [0, 0.05) is 24.9 Å². The Morgan fingerprint density at radius 2 is 2.42 bits per heavy atom. The molecule has 2 heterocycles. The molecule has 2 rings (SSSR count). The van der Waals surface area contributed by atoms with Crippen LogP contribution in [0, 0.1) is 5.92 Å². The minimum Gasteiger partial charge on any atom is -0.331 e. The lowest BCUT2D eigenvalue weighted by molar-refractivity contribution is -0.125. The molecule has 12 heavy (non-hydrogen) atoms. The number of hydrogen-bond acceptors (Lipinski definition) is 3. The Bertz CT molecular complexity index is 282. The van der Waals surface area contributed by atoms with Crippen LogP contribution in [-0.4, -0.2) is 29.7 Å². The Balaban J connectivity index is 2.34. The van der Waals surface area contributed by atoms with E-state index in [1.807, 2.05) is 20.0 Å². The Kier molecular flexibility index (Phi) is 1.43. The summed E-state index contributed by atoms with van der Waals surface area (Å²) >= 11 is 0. The molecule has 2 aliphatic rings. The van der Waals surface area contributed by atoms with E-state index in [4.69, 9.17) is 0 Å². The van der Waals surface area contributed by atoms with Gasteiger partial charge in [-0.2, -0.15) is 5.10 Å². The van der Waals surface area contributed by atoms with Crippen molar-refractivity contribution in [3.05, 3.63) is 12.3 Å². The van der Waals surface area contributed by atoms with Crippen molar-refractivity contribution in [3.8, 4) is 0 Å². The Morgan fingerprint density at radius 3 is 3.08 bits per heavy atom. The van der Waals surface area contributed by atoms with Gasteiger partial charge in [-0.05, 0) is 6.92 Å². The topological polar surface area (TPSA) is 44.7 Å². The molecule has 0 saturated carbocycles.